The number of halogens is 1. The topological polar surface area (TPSA) is 44.9 Å². The van der Waals surface area contributed by atoms with Crippen molar-refractivity contribution in [3.05, 3.63) is 34.6 Å². The number of anilines is 1. The van der Waals surface area contributed by atoms with Crippen LogP contribution in [-0.2, 0) is 4.79 Å². The largest absolute Gasteiger partial charge is 0.480 e. The standard InChI is InChI=1S/C13H13ClN2O2/c1-15-12-5-4-10(6-11(12)14)16(8-13(17)18)7-9-2-3-9/h4-6,9H,2-3,7-8H2,(H,17,18). The molecule has 5 heteroatoms. The number of nitrogens with zero attached hydrogens (tertiary/aromatic N) is 2. The van der Waals surface area contributed by atoms with E-state index in [1.54, 1.807) is 23.1 Å². The van der Waals surface area contributed by atoms with Gasteiger partial charge in [-0.05, 0) is 30.9 Å². The number of hydrogen-bond donors (Lipinski definition) is 1. The summed E-state index contributed by atoms with van der Waals surface area (Å²) in [5.41, 5.74) is 1.16. The molecule has 0 aromatic heterocycles. The van der Waals surface area contributed by atoms with Gasteiger partial charge in [-0.25, -0.2) is 4.85 Å². The van der Waals surface area contributed by atoms with Crippen molar-refractivity contribution in [3.8, 4) is 0 Å². The van der Waals surface area contributed by atoms with Crippen molar-refractivity contribution in [1.82, 2.24) is 0 Å². The van der Waals surface area contributed by atoms with E-state index in [0.717, 1.165) is 25.1 Å². The highest BCUT2D eigenvalue weighted by Gasteiger charge is 2.25. The van der Waals surface area contributed by atoms with Crippen LogP contribution in [0.4, 0.5) is 11.4 Å². The van der Waals surface area contributed by atoms with Crippen LogP contribution in [0.15, 0.2) is 18.2 Å². The summed E-state index contributed by atoms with van der Waals surface area (Å²) >= 11 is 5.97. The number of carbonyl (C=O) groups is 1. The fourth-order valence-electron chi connectivity index (χ4n) is 1.82. The van der Waals surface area contributed by atoms with Crippen molar-refractivity contribution in [1.29, 1.82) is 0 Å². The van der Waals surface area contributed by atoms with Gasteiger partial charge < -0.3 is 10.0 Å². The monoisotopic (exact) mass is 264 g/mol. The zero-order valence-electron chi connectivity index (χ0n) is 9.77. The molecule has 1 saturated carbocycles. The van der Waals surface area contributed by atoms with Gasteiger partial charge in [0.05, 0.1) is 6.57 Å². The first-order chi connectivity index (χ1) is 8.60. The predicted molar refractivity (Wildman–Crippen MR) is 70.3 cm³/mol. The molecule has 0 aliphatic heterocycles. The molecule has 2 rings (SSSR count). The van der Waals surface area contributed by atoms with Crippen LogP contribution in [0.2, 0.25) is 5.02 Å². The molecule has 94 valence electrons. The van der Waals surface area contributed by atoms with Gasteiger partial charge in [0.15, 0.2) is 0 Å². The minimum absolute atomic E-state index is 0.0375. The Balaban J connectivity index is 2.20. The van der Waals surface area contributed by atoms with Gasteiger partial charge >= 0.3 is 5.97 Å². The summed E-state index contributed by atoms with van der Waals surface area (Å²) in [5.74, 6) is -0.273. The van der Waals surface area contributed by atoms with Crippen molar-refractivity contribution in [3.63, 3.8) is 0 Å². The first-order valence-electron chi connectivity index (χ1n) is 5.74. The lowest BCUT2D eigenvalue weighted by atomic mass is 10.2. The maximum Gasteiger partial charge on any atom is 0.323 e. The molecule has 0 heterocycles. The Morgan fingerprint density at radius 1 is 1.56 bits per heavy atom. The lowest BCUT2D eigenvalue weighted by molar-refractivity contribution is -0.135. The van der Waals surface area contributed by atoms with Gasteiger partial charge in [-0.1, -0.05) is 17.7 Å². The van der Waals surface area contributed by atoms with Gasteiger partial charge in [0.1, 0.15) is 6.54 Å². The molecule has 1 N–H and O–H groups in total. The summed E-state index contributed by atoms with van der Waals surface area (Å²) < 4.78 is 0. The minimum atomic E-state index is -0.860. The lowest BCUT2D eigenvalue weighted by Gasteiger charge is -2.23. The Hall–Kier alpha value is -1.73. The van der Waals surface area contributed by atoms with Gasteiger partial charge in [0.2, 0.25) is 5.69 Å². The van der Waals surface area contributed by atoms with Crippen LogP contribution < -0.4 is 4.90 Å². The molecule has 0 saturated heterocycles. The Bertz CT molecular complexity index is 506. The molecule has 0 atom stereocenters. The fourth-order valence-corrected chi connectivity index (χ4v) is 2.04. The molecule has 4 nitrogen and oxygen atoms in total. The van der Waals surface area contributed by atoms with Gasteiger partial charge in [-0.2, -0.15) is 0 Å². The SMILES string of the molecule is [C-]#[N+]c1ccc(N(CC(=O)O)CC2CC2)cc1Cl. The molecule has 1 fully saturated rings. The van der Waals surface area contributed by atoms with Crippen LogP contribution in [0.25, 0.3) is 4.85 Å². The summed E-state index contributed by atoms with van der Waals surface area (Å²) in [5, 5.41) is 9.29. The van der Waals surface area contributed by atoms with Crippen molar-refractivity contribution in [2.75, 3.05) is 18.0 Å². The molecule has 1 aromatic carbocycles. The fraction of sp³-hybridized carbons (Fsp3) is 0.385. The van der Waals surface area contributed by atoms with Crippen molar-refractivity contribution in [2.45, 2.75) is 12.8 Å². The zero-order chi connectivity index (χ0) is 13.1. The van der Waals surface area contributed by atoms with E-state index in [-0.39, 0.29) is 6.54 Å². The second-order valence-electron chi connectivity index (χ2n) is 4.47. The quantitative estimate of drug-likeness (QED) is 0.831. The van der Waals surface area contributed by atoms with Crippen LogP contribution in [0.5, 0.6) is 0 Å². The summed E-state index contributed by atoms with van der Waals surface area (Å²) in [6, 6.07) is 5.05. The van der Waals surface area contributed by atoms with E-state index < -0.39 is 5.97 Å². The molecular weight excluding hydrogens is 252 g/mol. The van der Waals surface area contributed by atoms with E-state index in [9.17, 15) is 4.79 Å². The van der Waals surface area contributed by atoms with Gasteiger partial charge in [0.25, 0.3) is 0 Å². The summed E-state index contributed by atoms with van der Waals surface area (Å²) in [6.07, 6.45) is 2.31. The lowest BCUT2D eigenvalue weighted by Crippen LogP contribution is -2.31. The molecule has 0 spiro atoms. The molecule has 0 radical (unpaired) electrons. The molecule has 1 aromatic rings. The molecule has 18 heavy (non-hydrogen) atoms. The first kappa shape index (κ1) is 12.7. The number of benzene rings is 1. The van der Waals surface area contributed by atoms with E-state index >= 15 is 0 Å². The van der Waals surface area contributed by atoms with E-state index in [1.807, 2.05) is 0 Å². The number of rotatable bonds is 5. The Morgan fingerprint density at radius 3 is 2.78 bits per heavy atom. The van der Waals surface area contributed by atoms with Gasteiger partial charge in [-0.3, -0.25) is 4.79 Å². The maximum absolute atomic E-state index is 10.9. The Kier molecular flexibility index (Phi) is 3.73. The van der Waals surface area contributed by atoms with Crippen LogP contribution in [0.1, 0.15) is 12.8 Å². The molecule has 1 aliphatic carbocycles. The molecule has 0 amide bonds. The Morgan fingerprint density at radius 2 is 2.28 bits per heavy atom. The third-order valence-corrected chi connectivity index (χ3v) is 3.22. The Labute approximate surface area is 111 Å². The maximum atomic E-state index is 10.9. The highest BCUT2D eigenvalue weighted by atomic mass is 35.5. The number of carboxylic acid groups (broad SMARTS) is 1. The van der Waals surface area contributed by atoms with Gasteiger partial charge in [-0.15, -0.1) is 0 Å². The van der Waals surface area contributed by atoms with E-state index in [4.69, 9.17) is 23.3 Å². The van der Waals surface area contributed by atoms with Crippen LogP contribution >= 0.6 is 11.6 Å². The summed E-state index contributed by atoms with van der Waals surface area (Å²) in [7, 11) is 0. The van der Waals surface area contributed by atoms with Crippen molar-refractivity contribution < 1.29 is 9.90 Å². The van der Waals surface area contributed by atoms with Gasteiger partial charge in [0, 0.05) is 17.3 Å². The van der Waals surface area contributed by atoms with Crippen LogP contribution in [0, 0.1) is 12.5 Å². The van der Waals surface area contributed by atoms with Crippen LogP contribution in [-0.4, -0.2) is 24.2 Å². The third kappa shape index (κ3) is 3.14. The van der Waals surface area contributed by atoms with E-state index in [1.165, 1.54) is 0 Å². The summed E-state index contributed by atoms with van der Waals surface area (Å²) in [6.45, 7) is 7.63. The molecule has 1 aliphatic rings. The molecule has 0 bridgehead atoms. The second-order valence-corrected chi connectivity index (χ2v) is 4.87. The predicted octanol–water partition coefficient (Wildman–Crippen LogP) is 3.19. The van der Waals surface area contributed by atoms with Crippen molar-refractivity contribution >= 4 is 28.9 Å². The third-order valence-electron chi connectivity index (χ3n) is 2.92. The average molecular weight is 265 g/mol. The number of hydrogen-bond acceptors (Lipinski definition) is 2. The average Bonchev–Trinajstić information content (AvgIpc) is 3.11. The number of aliphatic carboxylic acids is 1. The molecular formula is C13H13ClN2O2. The second kappa shape index (κ2) is 5.28. The molecule has 0 unspecified atom stereocenters. The zero-order valence-corrected chi connectivity index (χ0v) is 10.5. The smallest absolute Gasteiger partial charge is 0.323 e. The van der Waals surface area contributed by atoms with E-state index in [2.05, 4.69) is 4.85 Å². The van der Waals surface area contributed by atoms with E-state index in [0.29, 0.717) is 16.6 Å². The van der Waals surface area contributed by atoms with Crippen LogP contribution in [0.3, 0.4) is 0 Å². The normalized spacial score (nSPS) is 14.0. The highest BCUT2D eigenvalue weighted by Crippen LogP contribution is 2.34. The highest BCUT2D eigenvalue weighted by molar-refractivity contribution is 6.33. The number of carboxylic acids is 1. The minimum Gasteiger partial charge on any atom is -0.480 e. The first-order valence-corrected chi connectivity index (χ1v) is 6.11. The summed E-state index contributed by atoms with van der Waals surface area (Å²) in [4.78, 5) is 16.0. The van der Waals surface area contributed by atoms with Crippen molar-refractivity contribution in [2.24, 2.45) is 5.92 Å².